The molecule has 1 heterocycles. The van der Waals surface area contributed by atoms with Crippen LogP contribution in [0, 0.1) is 0 Å². The smallest absolute Gasteiger partial charge is 0.164 e. The van der Waals surface area contributed by atoms with E-state index >= 15 is 0 Å². The Morgan fingerprint density at radius 2 is 1.94 bits per heavy atom. The maximum absolute atomic E-state index is 11.9. The summed E-state index contributed by atoms with van der Waals surface area (Å²) in [5.74, 6) is 1.29. The van der Waals surface area contributed by atoms with Gasteiger partial charge in [0.2, 0.25) is 0 Å². The van der Waals surface area contributed by atoms with E-state index in [4.69, 9.17) is 21.1 Å². The maximum atomic E-state index is 11.9. The lowest BCUT2D eigenvalue weighted by atomic mass is 10.0. The van der Waals surface area contributed by atoms with Gasteiger partial charge in [0.1, 0.15) is 13.2 Å². The number of carbonyl (C=O) groups excluding carboxylic acids is 1. The number of benzene rings is 1. The Bertz CT molecular complexity index is 429. The van der Waals surface area contributed by atoms with E-state index in [1.807, 2.05) is 0 Å². The summed E-state index contributed by atoms with van der Waals surface area (Å²) >= 11 is 6.08. The van der Waals surface area contributed by atoms with Crippen molar-refractivity contribution in [3.8, 4) is 11.5 Å². The molecule has 1 aliphatic rings. The number of fused-ring (bicyclic) bond motifs is 1. The molecule has 0 bridgehead atoms. The monoisotopic (exact) mass is 254 g/mol. The molecule has 0 saturated carbocycles. The number of Topliss-reactive ketones (excluding diaryl/α,β-unsaturated/α-hetero) is 1. The van der Waals surface area contributed by atoms with E-state index in [9.17, 15) is 4.79 Å². The number of hydrogen-bond acceptors (Lipinski definition) is 3. The molecular formula is C13H15ClO3. The fraction of sp³-hybridized carbons (Fsp3) is 0.462. The fourth-order valence-corrected chi connectivity index (χ4v) is 2.01. The van der Waals surface area contributed by atoms with Crippen LogP contribution in [-0.2, 0) is 0 Å². The van der Waals surface area contributed by atoms with Gasteiger partial charge in [0.15, 0.2) is 17.3 Å². The summed E-state index contributed by atoms with van der Waals surface area (Å²) < 4.78 is 10.8. The number of ether oxygens (including phenoxy) is 2. The molecule has 1 aliphatic heterocycles. The standard InChI is InChI=1S/C13H15ClO3/c1-2-3-4-11(15)9-7-12-13(8-10(9)14)17-6-5-16-12/h7-8H,2-6H2,1H3. The lowest BCUT2D eigenvalue weighted by Gasteiger charge is -2.19. The highest BCUT2D eigenvalue weighted by atomic mass is 35.5. The van der Waals surface area contributed by atoms with Crippen LogP contribution in [0.15, 0.2) is 12.1 Å². The molecule has 92 valence electrons. The molecule has 0 radical (unpaired) electrons. The summed E-state index contributed by atoms with van der Waals surface area (Å²) in [5.41, 5.74) is 0.532. The molecule has 0 aromatic heterocycles. The highest BCUT2D eigenvalue weighted by molar-refractivity contribution is 6.34. The summed E-state index contributed by atoms with van der Waals surface area (Å²) in [6.45, 7) is 3.09. The van der Waals surface area contributed by atoms with Crippen molar-refractivity contribution < 1.29 is 14.3 Å². The van der Waals surface area contributed by atoms with Gasteiger partial charge in [0.25, 0.3) is 0 Å². The first-order valence-corrected chi connectivity index (χ1v) is 6.22. The fourth-order valence-electron chi connectivity index (χ4n) is 1.75. The Kier molecular flexibility index (Phi) is 3.89. The van der Waals surface area contributed by atoms with E-state index in [-0.39, 0.29) is 5.78 Å². The third-order valence-electron chi connectivity index (χ3n) is 2.69. The van der Waals surface area contributed by atoms with Crippen LogP contribution in [0.2, 0.25) is 5.02 Å². The van der Waals surface area contributed by atoms with Crippen LogP contribution in [0.1, 0.15) is 36.5 Å². The van der Waals surface area contributed by atoms with E-state index in [1.165, 1.54) is 0 Å². The summed E-state index contributed by atoms with van der Waals surface area (Å²) in [7, 11) is 0. The van der Waals surface area contributed by atoms with Gasteiger partial charge < -0.3 is 9.47 Å². The first-order valence-electron chi connectivity index (χ1n) is 5.84. The quantitative estimate of drug-likeness (QED) is 0.772. The average Bonchev–Trinajstić information content (AvgIpc) is 2.35. The van der Waals surface area contributed by atoms with Gasteiger partial charge >= 0.3 is 0 Å². The van der Waals surface area contributed by atoms with E-state index in [0.717, 1.165) is 12.8 Å². The molecule has 1 aromatic rings. The van der Waals surface area contributed by atoms with Crippen molar-refractivity contribution >= 4 is 17.4 Å². The SMILES string of the molecule is CCCCC(=O)c1cc2c(cc1Cl)OCCO2. The topological polar surface area (TPSA) is 35.5 Å². The third-order valence-corrected chi connectivity index (χ3v) is 3.00. The first kappa shape index (κ1) is 12.2. The Morgan fingerprint density at radius 3 is 2.59 bits per heavy atom. The molecule has 0 aliphatic carbocycles. The average molecular weight is 255 g/mol. The lowest BCUT2D eigenvalue weighted by molar-refractivity contribution is 0.0978. The van der Waals surface area contributed by atoms with Gasteiger partial charge in [-0.2, -0.15) is 0 Å². The summed E-state index contributed by atoms with van der Waals surface area (Å²) in [6.07, 6.45) is 2.40. The predicted molar refractivity (Wildman–Crippen MR) is 66.3 cm³/mol. The van der Waals surface area contributed by atoms with E-state index < -0.39 is 0 Å². The summed E-state index contributed by atoms with van der Waals surface area (Å²) in [5, 5.41) is 0.440. The van der Waals surface area contributed by atoms with Gasteiger partial charge in [0.05, 0.1) is 5.02 Å². The Labute approximate surface area is 106 Å². The van der Waals surface area contributed by atoms with Crippen LogP contribution in [0.3, 0.4) is 0 Å². The minimum atomic E-state index is 0.0637. The van der Waals surface area contributed by atoms with Gasteiger partial charge in [0, 0.05) is 18.1 Å². The van der Waals surface area contributed by atoms with Gasteiger partial charge in [-0.1, -0.05) is 24.9 Å². The molecule has 0 N–H and O–H groups in total. The second-order valence-electron chi connectivity index (χ2n) is 4.00. The van der Waals surface area contributed by atoms with Crippen LogP contribution in [0.4, 0.5) is 0 Å². The predicted octanol–water partition coefficient (Wildman–Crippen LogP) is 3.48. The molecule has 0 spiro atoms. The maximum Gasteiger partial charge on any atom is 0.164 e. The third kappa shape index (κ3) is 2.72. The Morgan fingerprint density at radius 1 is 1.29 bits per heavy atom. The molecule has 1 aromatic carbocycles. The zero-order valence-electron chi connectivity index (χ0n) is 9.79. The van der Waals surface area contributed by atoms with E-state index in [1.54, 1.807) is 12.1 Å². The second kappa shape index (κ2) is 5.41. The van der Waals surface area contributed by atoms with Crippen molar-refractivity contribution in [1.29, 1.82) is 0 Å². The van der Waals surface area contributed by atoms with Crippen LogP contribution < -0.4 is 9.47 Å². The molecule has 0 atom stereocenters. The normalized spacial score (nSPS) is 13.5. The Balaban J connectivity index is 2.25. The van der Waals surface area contributed by atoms with Crippen molar-refractivity contribution in [2.75, 3.05) is 13.2 Å². The highest BCUT2D eigenvalue weighted by Gasteiger charge is 2.18. The van der Waals surface area contributed by atoms with E-state index in [2.05, 4.69) is 6.92 Å². The zero-order chi connectivity index (χ0) is 12.3. The minimum absolute atomic E-state index is 0.0637. The second-order valence-corrected chi connectivity index (χ2v) is 4.41. The van der Waals surface area contributed by atoms with Crippen LogP contribution in [-0.4, -0.2) is 19.0 Å². The van der Waals surface area contributed by atoms with Gasteiger partial charge in [-0.3, -0.25) is 4.79 Å². The molecule has 0 unspecified atom stereocenters. The van der Waals surface area contributed by atoms with E-state index in [0.29, 0.717) is 41.7 Å². The summed E-state index contributed by atoms with van der Waals surface area (Å²) in [6, 6.07) is 3.35. The molecule has 0 fully saturated rings. The number of unbranched alkanes of at least 4 members (excludes halogenated alkanes) is 1. The molecule has 3 nitrogen and oxygen atoms in total. The van der Waals surface area contributed by atoms with Crippen LogP contribution in [0.5, 0.6) is 11.5 Å². The number of hydrogen-bond donors (Lipinski definition) is 0. The van der Waals surface area contributed by atoms with Gasteiger partial charge in [-0.25, -0.2) is 0 Å². The number of halogens is 1. The minimum Gasteiger partial charge on any atom is -0.486 e. The first-order chi connectivity index (χ1) is 8.22. The zero-order valence-corrected chi connectivity index (χ0v) is 10.5. The molecule has 4 heteroatoms. The number of ketones is 1. The van der Waals surface area contributed by atoms with Crippen molar-refractivity contribution in [3.63, 3.8) is 0 Å². The van der Waals surface area contributed by atoms with Crippen LogP contribution >= 0.6 is 11.6 Å². The molecule has 0 saturated heterocycles. The number of rotatable bonds is 4. The van der Waals surface area contributed by atoms with Gasteiger partial charge in [-0.15, -0.1) is 0 Å². The number of carbonyl (C=O) groups is 1. The lowest BCUT2D eigenvalue weighted by Crippen LogP contribution is -2.16. The van der Waals surface area contributed by atoms with Crippen molar-refractivity contribution in [2.24, 2.45) is 0 Å². The molecular weight excluding hydrogens is 240 g/mol. The molecule has 0 amide bonds. The highest BCUT2D eigenvalue weighted by Crippen LogP contribution is 2.35. The van der Waals surface area contributed by atoms with Crippen molar-refractivity contribution in [2.45, 2.75) is 26.2 Å². The largest absolute Gasteiger partial charge is 0.486 e. The molecule has 2 rings (SSSR count). The summed E-state index contributed by atoms with van der Waals surface area (Å²) in [4.78, 5) is 11.9. The van der Waals surface area contributed by atoms with Crippen molar-refractivity contribution in [1.82, 2.24) is 0 Å². The molecule has 17 heavy (non-hydrogen) atoms. The Hall–Kier alpha value is -1.22. The van der Waals surface area contributed by atoms with Gasteiger partial charge in [-0.05, 0) is 12.5 Å². The van der Waals surface area contributed by atoms with Crippen molar-refractivity contribution in [3.05, 3.63) is 22.7 Å². The van der Waals surface area contributed by atoms with Crippen LogP contribution in [0.25, 0.3) is 0 Å².